The highest BCUT2D eigenvalue weighted by atomic mass is 16.2. The van der Waals surface area contributed by atoms with Crippen molar-refractivity contribution < 1.29 is 4.79 Å². The number of aryl methyl sites for hydroxylation is 2. The highest BCUT2D eigenvalue weighted by Gasteiger charge is 2.35. The minimum absolute atomic E-state index is 0.0444. The highest BCUT2D eigenvalue weighted by molar-refractivity contribution is 5.91. The van der Waals surface area contributed by atoms with Gasteiger partial charge in [-0.05, 0) is 44.6 Å². The predicted molar refractivity (Wildman–Crippen MR) is 105 cm³/mol. The SMILES string of the molecule is Cc1cnc(C(=O)N2CCCn3nc(CN4C[C@H]5CCC[C@@H]4C5)cc3C2)cn1. The smallest absolute Gasteiger partial charge is 0.274 e. The molecule has 7 heteroatoms. The first-order valence-corrected chi connectivity index (χ1v) is 10.5. The number of amides is 1. The van der Waals surface area contributed by atoms with Crippen molar-refractivity contribution in [3.05, 3.63) is 41.2 Å². The maximum Gasteiger partial charge on any atom is 0.274 e. The van der Waals surface area contributed by atoms with Crippen molar-refractivity contribution >= 4 is 5.91 Å². The van der Waals surface area contributed by atoms with Crippen LogP contribution in [0.4, 0.5) is 0 Å². The molecule has 148 valence electrons. The Morgan fingerprint density at radius 3 is 2.93 bits per heavy atom. The average molecular weight is 380 g/mol. The van der Waals surface area contributed by atoms with Gasteiger partial charge >= 0.3 is 0 Å². The summed E-state index contributed by atoms with van der Waals surface area (Å²) in [6.07, 6.45) is 9.62. The first-order chi connectivity index (χ1) is 13.7. The highest BCUT2D eigenvalue weighted by Crippen LogP contribution is 2.36. The van der Waals surface area contributed by atoms with Gasteiger partial charge in [-0.15, -0.1) is 0 Å². The Balaban J connectivity index is 1.30. The second kappa shape index (κ2) is 7.28. The van der Waals surface area contributed by atoms with Crippen molar-refractivity contribution in [3.8, 4) is 0 Å². The number of hydrogen-bond acceptors (Lipinski definition) is 5. The van der Waals surface area contributed by atoms with Crippen molar-refractivity contribution in [2.24, 2.45) is 5.92 Å². The number of likely N-dealkylation sites (tertiary alicyclic amines) is 1. The molecule has 2 bridgehead atoms. The van der Waals surface area contributed by atoms with Crippen LogP contribution in [0.3, 0.4) is 0 Å². The van der Waals surface area contributed by atoms with Crippen molar-refractivity contribution in [1.29, 1.82) is 0 Å². The molecule has 5 rings (SSSR count). The fraction of sp³-hybridized carbons (Fsp3) is 0.619. The lowest BCUT2D eigenvalue weighted by atomic mass is 9.90. The van der Waals surface area contributed by atoms with Crippen LogP contribution in [0.2, 0.25) is 0 Å². The van der Waals surface area contributed by atoms with Gasteiger partial charge in [-0.25, -0.2) is 4.98 Å². The predicted octanol–water partition coefficient (Wildman–Crippen LogP) is 2.40. The molecule has 0 N–H and O–H groups in total. The first kappa shape index (κ1) is 17.8. The molecule has 0 aromatic carbocycles. The van der Waals surface area contributed by atoms with E-state index >= 15 is 0 Å². The second-order valence-corrected chi connectivity index (χ2v) is 8.59. The molecule has 2 aromatic rings. The normalized spacial score (nSPS) is 24.8. The molecule has 1 saturated heterocycles. The lowest BCUT2D eigenvalue weighted by Gasteiger charge is -2.23. The third kappa shape index (κ3) is 3.43. The Morgan fingerprint density at radius 1 is 1.18 bits per heavy atom. The molecule has 1 aliphatic carbocycles. The summed E-state index contributed by atoms with van der Waals surface area (Å²) in [6.45, 7) is 6.23. The molecule has 3 aliphatic rings. The van der Waals surface area contributed by atoms with E-state index in [4.69, 9.17) is 5.10 Å². The van der Waals surface area contributed by atoms with Gasteiger partial charge in [0.05, 0.1) is 29.8 Å². The van der Waals surface area contributed by atoms with Crippen molar-refractivity contribution in [2.75, 3.05) is 13.1 Å². The molecule has 2 aliphatic heterocycles. The van der Waals surface area contributed by atoms with Crippen molar-refractivity contribution in [2.45, 2.75) is 64.7 Å². The zero-order valence-corrected chi connectivity index (χ0v) is 16.5. The number of carbonyl (C=O) groups is 1. The van der Waals surface area contributed by atoms with Crippen LogP contribution in [0.25, 0.3) is 0 Å². The van der Waals surface area contributed by atoms with E-state index in [1.54, 1.807) is 12.4 Å². The summed E-state index contributed by atoms with van der Waals surface area (Å²) >= 11 is 0. The molecule has 4 heterocycles. The standard InChI is InChI=1S/C21H28N6O/c1-15-10-23-20(11-22-15)21(28)25-6-3-7-27-19(14-25)9-17(24-27)13-26-12-16-4-2-5-18(26)8-16/h9-11,16,18H,2-8,12-14H2,1H3/t16-,18+/m0/s1. The van der Waals surface area contributed by atoms with Crippen LogP contribution in [0.15, 0.2) is 18.5 Å². The van der Waals surface area contributed by atoms with E-state index < -0.39 is 0 Å². The van der Waals surface area contributed by atoms with E-state index in [1.165, 1.54) is 32.2 Å². The minimum atomic E-state index is -0.0444. The molecule has 1 saturated carbocycles. The van der Waals surface area contributed by atoms with E-state index in [1.807, 2.05) is 11.8 Å². The summed E-state index contributed by atoms with van der Waals surface area (Å²) in [4.78, 5) is 25.9. The second-order valence-electron chi connectivity index (χ2n) is 8.59. The van der Waals surface area contributed by atoms with E-state index in [2.05, 4.69) is 25.6 Å². The maximum atomic E-state index is 12.9. The van der Waals surface area contributed by atoms with Crippen LogP contribution in [0.1, 0.15) is 59.7 Å². The summed E-state index contributed by atoms with van der Waals surface area (Å²) in [5.74, 6) is 0.847. The van der Waals surface area contributed by atoms with Crippen LogP contribution >= 0.6 is 0 Å². The van der Waals surface area contributed by atoms with Crippen LogP contribution in [0, 0.1) is 12.8 Å². The fourth-order valence-electron chi connectivity index (χ4n) is 5.08. The third-order valence-corrected chi connectivity index (χ3v) is 6.48. The summed E-state index contributed by atoms with van der Waals surface area (Å²) in [7, 11) is 0. The minimum Gasteiger partial charge on any atom is -0.331 e. The Labute approximate surface area is 165 Å². The van der Waals surface area contributed by atoms with E-state index in [9.17, 15) is 4.79 Å². The zero-order chi connectivity index (χ0) is 19.1. The number of rotatable bonds is 3. The zero-order valence-electron chi connectivity index (χ0n) is 16.5. The molecular formula is C21H28N6O. The van der Waals surface area contributed by atoms with Crippen molar-refractivity contribution in [1.82, 2.24) is 29.5 Å². The lowest BCUT2D eigenvalue weighted by molar-refractivity contribution is 0.0739. The largest absolute Gasteiger partial charge is 0.331 e. The number of carbonyl (C=O) groups excluding carboxylic acids is 1. The third-order valence-electron chi connectivity index (χ3n) is 6.48. The molecule has 7 nitrogen and oxygen atoms in total. The maximum absolute atomic E-state index is 12.9. The summed E-state index contributed by atoms with van der Waals surface area (Å²) in [5, 5.41) is 4.88. The van der Waals surface area contributed by atoms with Crippen LogP contribution in [-0.4, -0.2) is 54.6 Å². The van der Waals surface area contributed by atoms with Crippen LogP contribution < -0.4 is 0 Å². The van der Waals surface area contributed by atoms with E-state index in [0.717, 1.165) is 55.1 Å². The Kier molecular flexibility index (Phi) is 4.62. The van der Waals surface area contributed by atoms with Gasteiger partial charge in [-0.1, -0.05) is 6.42 Å². The number of fused-ring (bicyclic) bond motifs is 3. The van der Waals surface area contributed by atoms with Gasteiger partial charge in [0.2, 0.25) is 0 Å². The summed E-state index contributed by atoms with van der Waals surface area (Å²) in [6, 6.07) is 2.95. The van der Waals surface area contributed by atoms with Gasteiger partial charge in [-0.2, -0.15) is 5.10 Å². The van der Waals surface area contributed by atoms with Gasteiger partial charge in [-0.3, -0.25) is 19.4 Å². The van der Waals surface area contributed by atoms with Gasteiger partial charge in [0.15, 0.2) is 0 Å². The molecular weight excluding hydrogens is 352 g/mol. The van der Waals surface area contributed by atoms with E-state index in [-0.39, 0.29) is 5.91 Å². The molecule has 0 spiro atoms. The Morgan fingerprint density at radius 2 is 2.11 bits per heavy atom. The number of aromatic nitrogens is 4. The van der Waals surface area contributed by atoms with Crippen molar-refractivity contribution in [3.63, 3.8) is 0 Å². The number of hydrogen-bond donors (Lipinski definition) is 0. The monoisotopic (exact) mass is 380 g/mol. The van der Waals surface area contributed by atoms with Gasteiger partial charge in [0.1, 0.15) is 5.69 Å². The molecule has 2 aromatic heterocycles. The average Bonchev–Trinajstić information content (AvgIpc) is 3.12. The number of nitrogens with zero attached hydrogens (tertiary/aromatic N) is 6. The van der Waals surface area contributed by atoms with Gasteiger partial charge in [0, 0.05) is 38.4 Å². The molecule has 0 radical (unpaired) electrons. The first-order valence-electron chi connectivity index (χ1n) is 10.5. The fourth-order valence-corrected chi connectivity index (χ4v) is 5.08. The molecule has 2 fully saturated rings. The summed E-state index contributed by atoms with van der Waals surface area (Å²) in [5.41, 5.74) is 3.51. The molecule has 0 unspecified atom stereocenters. The lowest BCUT2D eigenvalue weighted by Crippen LogP contribution is -2.31. The quantitative estimate of drug-likeness (QED) is 0.818. The van der Waals surface area contributed by atoms with Crippen LogP contribution in [-0.2, 0) is 19.6 Å². The van der Waals surface area contributed by atoms with Gasteiger partial charge in [0.25, 0.3) is 5.91 Å². The van der Waals surface area contributed by atoms with Gasteiger partial charge < -0.3 is 4.90 Å². The molecule has 1 amide bonds. The van der Waals surface area contributed by atoms with E-state index in [0.29, 0.717) is 12.2 Å². The summed E-state index contributed by atoms with van der Waals surface area (Å²) < 4.78 is 2.10. The molecule has 28 heavy (non-hydrogen) atoms. The Hall–Kier alpha value is -2.28. The Bertz CT molecular complexity index is 860. The molecule has 2 atom stereocenters. The topological polar surface area (TPSA) is 67.2 Å². The van der Waals surface area contributed by atoms with Crippen LogP contribution in [0.5, 0.6) is 0 Å².